The summed E-state index contributed by atoms with van der Waals surface area (Å²) in [6.45, 7) is 1.75. The van der Waals surface area contributed by atoms with E-state index in [0.717, 1.165) is 35.1 Å². The number of ether oxygens (including phenoxy) is 2. The van der Waals surface area contributed by atoms with Crippen molar-refractivity contribution in [3.05, 3.63) is 77.4 Å². The SMILES string of the molecule is Cc1ccc(NC(=O)C2(c3ccc4c(c3)OCO4)CC2)cc1-c1ccc(C(=O)NC[C@H](O)CO)cc1.[HH].[HH].[HH].[HH]. The van der Waals surface area contributed by atoms with Gasteiger partial charge in [0.2, 0.25) is 12.7 Å². The second kappa shape index (κ2) is 9.64. The van der Waals surface area contributed by atoms with Crippen LogP contribution in [0.5, 0.6) is 11.5 Å². The first-order valence-electron chi connectivity index (χ1n) is 11.9. The maximum Gasteiger partial charge on any atom is 0.251 e. The van der Waals surface area contributed by atoms with E-state index in [0.29, 0.717) is 22.7 Å². The number of aliphatic hydroxyl groups excluding tert-OH is 2. The second-order valence-electron chi connectivity index (χ2n) is 9.26. The lowest BCUT2D eigenvalue weighted by atomic mass is 9.94. The third kappa shape index (κ3) is 4.65. The Morgan fingerprint density at radius 2 is 1.78 bits per heavy atom. The van der Waals surface area contributed by atoms with Gasteiger partial charge in [-0.1, -0.05) is 24.3 Å². The lowest BCUT2D eigenvalue weighted by Gasteiger charge is -2.17. The Balaban J connectivity index is 0.00000200. The van der Waals surface area contributed by atoms with Crippen molar-refractivity contribution in [2.24, 2.45) is 0 Å². The average Bonchev–Trinajstić information content (AvgIpc) is 3.59. The number of aryl methyl sites for hydroxylation is 1. The predicted molar refractivity (Wildman–Crippen MR) is 143 cm³/mol. The van der Waals surface area contributed by atoms with Gasteiger partial charge in [-0.3, -0.25) is 9.59 Å². The average molecular weight is 497 g/mol. The van der Waals surface area contributed by atoms with Crippen molar-refractivity contribution in [2.75, 3.05) is 25.3 Å². The van der Waals surface area contributed by atoms with Crippen LogP contribution in [-0.4, -0.2) is 48.1 Å². The first-order valence-corrected chi connectivity index (χ1v) is 11.9. The minimum atomic E-state index is -0.992. The molecule has 3 aromatic rings. The quantitative estimate of drug-likeness (QED) is 0.373. The molecule has 4 N–H and O–H groups in total. The predicted octanol–water partition coefficient (Wildman–Crippen LogP) is 4.13. The van der Waals surface area contributed by atoms with Gasteiger partial charge in [-0.05, 0) is 78.4 Å². The molecular weight excluding hydrogens is 460 g/mol. The van der Waals surface area contributed by atoms with Crippen molar-refractivity contribution in [2.45, 2.75) is 31.3 Å². The maximum atomic E-state index is 13.3. The van der Waals surface area contributed by atoms with Crippen molar-refractivity contribution in [3.8, 4) is 22.6 Å². The van der Waals surface area contributed by atoms with Crippen LogP contribution < -0.4 is 20.1 Å². The summed E-state index contributed by atoms with van der Waals surface area (Å²) in [4.78, 5) is 25.6. The maximum absolute atomic E-state index is 13.3. The first kappa shape index (κ1) is 23.8. The van der Waals surface area contributed by atoms with Crippen molar-refractivity contribution < 1.29 is 35.0 Å². The van der Waals surface area contributed by atoms with E-state index in [1.165, 1.54) is 0 Å². The summed E-state index contributed by atoms with van der Waals surface area (Å²) in [5.74, 6) is 0.994. The molecule has 0 spiro atoms. The zero-order valence-electron chi connectivity index (χ0n) is 19.9. The Morgan fingerprint density at radius 3 is 2.50 bits per heavy atom. The summed E-state index contributed by atoms with van der Waals surface area (Å²) >= 11 is 0. The highest BCUT2D eigenvalue weighted by Crippen LogP contribution is 2.51. The molecule has 1 aliphatic carbocycles. The van der Waals surface area contributed by atoms with Crippen LogP contribution in [0, 0.1) is 6.92 Å². The van der Waals surface area contributed by atoms with Crippen molar-refractivity contribution >= 4 is 17.5 Å². The highest BCUT2D eigenvalue weighted by molar-refractivity contribution is 6.02. The van der Waals surface area contributed by atoms with Crippen molar-refractivity contribution in [3.63, 3.8) is 0 Å². The normalized spacial score (nSPS) is 15.8. The molecule has 3 aromatic carbocycles. The number of carbonyl (C=O) groups excluding carboxylic acids is 2. The van der Waals surface area contributed by atoms with Crippen molar-refractivity contribution in [1.82, 2.24) is 5.32 Å². The highest BCUT2D eigenvalue weighted by atomic mass is 16.7. The first-order chi connectivity index (χ1) is 17.4. The van der Waals surface area contributed by atoms with Gasteiger partial charge in [0.25, 0.3) is 5.91 Å². The topological polar surface area (TPSA) is 117 Å². The molecule has 2 aliphatic rings. The van der Waals surface area contributed by atoms with Crippen LogP contribution in [0.15, 0.2) is 60.7 Å². The number of hydrogen-bond donors (Lipinski definition) is 4. The summed E-state index contributed by atoms with van der Waals surface area (Å²) in [7, 11) is 0. The lowest BCUT2D eigenvalue weighted by molar-refractivity contribution is -0.118. The van der Waals surface area contributed by atoms with Gasteiger partial charge in [0, 0.05) is 23.5 Å². The standard InChI is InChI=1S/C28H28N2O6.4H2/c1-17-2-8-21(13-23(17)18-3-5-19(6-4-18)26(33)29-14-22(32)15-31)30-27(34)28(10-11-28)20-7-9-24-25(12-20)36-16-35-24;;;;/h2-9,12-13,22,31-32H,10-11,14-16H2,1H3,(H,29,33)(H,30,34);4*1H/t22-;;;;/m0..../s1. The van der Waals surface area contributed by atoms with Gasteiger partial charge in [0.15, 0.2) is 11.5 Å². The molecule has 0 bridgehead atoms. The van der Waals surface area contributed by atoms with E-state index in [9.17, 15) is 14.7 Å². The van der Waals surface area contributed by atoms with Crippen LogP contribution >= 0.6 is 0 Å². The molecule has 0 saturated heterocycles. The number of hydrogen-bond acceptors (Lipinski definition) is 6. The fraction of sp³-hybridized carbons (Fsp3) is 0.286. The molecule has 1 atom stereocenters. The lowest BCUT2D eigenvalue weighted by Crippen LogP contribution is -2.33. The monoisotopic (exact) mass is 496 g/mol. The minimum absolute atomic E-state index is 0. The number of fused-ring (bicyclic) bond motifs is 1. The molecule has 8 heteroatoms. The largest absolute Gasteiger partial charge is 0.454 e. The van der Waals surface area contributed by atoms with Crippen LogP contribution in [0.1, 0.15) is 40.0 Å². The van der Waals surface area contributed by atoms with E-state index in [4.69, 9.17) is 14.6 Å². The molecule has 8 nitrogen and oxygen atoms in total. The van der Waals surface area contributed by atoms with E-state index < -0.39 is 18.1 Å². The Kier molecular flexibility index (Phi) is 6.38. The zero-order chi connectivity index (χ0) is 25.3. The summed E-state index contributed by atoms with van der Waals surface area (Å²) < 4.78 is 10.9. The van der Waals surface area contributed by atoms with Gasteiger partial charge in [0.1, 0.15) is 0 Å². The van der Waals surface area contributed by atoms with Gasteiger partial charge < -0.3 is 30.3 Å². The van der Waals surface area contributed by atoms with Crippen LogP contribution in [-0.2, 0) is 10.2 Å². The molecule has 1 fully saturated rings. The van der Waals surface area contributed by atoms with E-state index >= 15 is 0 Å². The zero-order valence-corrected chi connectivity index (χ0v) is 19.9. The second-order valence-corrected chi connectivity index (χ2v) is 9.26. The number of nitrogens with one attached hydrogen (secondary N) is 2. The molecule has 1 aliphatic heterocycles. The Morgan fingerprint density at radius 1 is 1.03 bits per heavy atom. The number of benzene rings is 3. The Labute approximate surface area is 214 Å². The molecule has 1 saturated carbocycles. The van der Waals surface area contributed by atoms with Gasteiger partial charge in [-0.25, -0.2) is 0 Å². The fourth-order valence-electron chi connectivity index (χ4n) is 4.41. The van der Waals surface area contributed by atoms with E-state index in [1.807, 2.05) is 55.5 Å². The number of amides is 2. The van der Waals surface area contributed by atoms with E-state index in [-0.39, 0.29) is 30.9 Å². The molecule has 0 radical (unpaired) electrons. The third-order valence-electron chi connectivity index (χ3n) is 6.77. The number of rotatable bonds is 8. The van der Waals surface area contributed by atoms with E-state index in [1.54, 1.807) is 12.1 Å². The number of carbonyl (C=O) groups is 2. The summed E-state index contributed by atoms with van der Waals surface area (Å²) in [5, 5.41) is 24.0. The third-order valence-corrected chi connectivity index (χ3v) is 6.77. The number of aliphatic hydroxyl groups is 2. The van der Waals surface area contributed by atoms with Crippen LogP contribution in [0.2, 0.25) is 0 Å². The molecule has 5 rings (SSSR count). The summed E-state index contributed by atoms with van der Waals surface area (Å²) in [6.07, 6.45) is 0.556. The minimum Gasteiger partial charge on any atom is -0.454 e. The smallest absolute Gasteiger partial charge is 0.251 e. The molecule has 36 heavy (non-hydrogen) atoms. The summed E-state index contributed by atoms with van der Waals surface area (Å²) in [5.41, 5.74) is 4.41. The molecule has 194 valence electrons. The van der Waals surface area contributed by atoms with Gasteiger partial charge in [-0.2, -0.15) is 0 Å². The van der Waals surface area contributed by atoms with Crippen LogP contribution in [0.4, 0.5) is 5.69 Å². The van der Waals surface area contributed by atoms with Gasteiger partial charge >= 0.3 is 0 Å². The van der Waals surface area contributed by atoms with Crippen LogP contribution in [0.3, 0.4) is 0 Å². The van der Waals surface area contributed by atoms with Crippen molar-refractivity contribution in [1.29, 1.82) is 0 Å². The molecule has 0 unspecified atom stereocenters. The molecule has 2 amide bonds. The highest BCUT2D eigenvalue weighted by Gasteiger charge is 2.51. The Hall–Kier alpha value is -3.88. The van der Waals surface area contributed by atoms with Crippen LogP contribution in [0.25, 0.3) is 11.1 Å². The number of anilines is 1. The van der Waals surface area contributed by atoms with Gasteiger partial charge in [0.05, 0.1) is 18.1 Å². The molecular formula is C28H36N2O6. The fourth-order valence-corrected chi connectivity index (χ4v) is 4.41. The Bertz CT molecular complexity index is 1320. The van der Waals surface area contributed by atoms with E-state index in [2.05, 4.69) is 10.6 Å². The molecule has 0 aromatic heterocycles. The molecule has 1 heterocycles. The summed E-state index contributed by atoms with van der Waals surface area (Å²) in [6, 6.07) is 18.6. The van der Waals surface area contributed by atoms with Gasteiger partial charge in [-0.15, -0.1) is 0 Å².